The van der Waals surface area contributed by atoms with E-state index in [1.807, 2.05) is 13.8 Å². The van der Waals surface area contributed by atoms with Crippen molar-refractivity contribution in [2.24, 2.45) is 0 Å². The van der Waals surface area contributed by atoms with Crippen LogP contribution in [0, 0.1) is 0 Å². The minimum atomic E-state index is -4.09. The smallest absolute Gasteiger partial charge is 0.339 e. The summed E-state index contributed by atoms with van der Waals surface area (Å²) in [7, 11) is -4.09. The first kappa shape index (κ1) is 22.1. The Hall–Kier alpha value is -3.59. The molecule has 162 valence electrons. The molecule has 0 saturated carbocycles. The molecule has 3 rings (SSSR count). The highest BCUT2D eigenvalue weighted by molar-refractivity contribution is 7.87. The number of furan rings is 1. The molecule has 0 aliphatic carbocycles. The van der Waals surface area contributed by atoms with Gasteiger partial charge in [0.05, 0.1) is 6.26 Å². The van der Waals surface area contributed by atoms with E-state index in [9.17, 15) is 18.0 Å². The summed E-state index contributed by atoms with van der Waals surface area (Å²) in [5, 5.41) is 2.63. The first-order valence-electron chi connectivity index (χ1n) is 9.62. The fourth-order valence-corrected chi connectivity index (χ4v) is 3.76. The second-order valence-electron chi connectivity index (χ2n) is 6.50. The Bertz CT molecular complexity index is 1130. The summed E-state index contributed by atoms with van der Waals surface area (Å²) in [4.78, 5) is 25.9. The maximum atomic E-state index is 12.5. The van der Waals surface area contributed by atoms with Crippen LogP contribution in [0.15, 0.2) is 76.2 Å². The number of benzene rings is 2. The van der Waals surface area contributed by atoms with Gasteiger partial charge < -0.3 is 18.8 Å². The van der Waals surface area contributed by atoms with E-state index in [2.05, 4.69) is 5.32 Å². The highest BCUT2D eigenvalue weighted by Gasteiger charge is 2.19. The molecule has 0 aliphatic heterocycles. The molecule has 0 radical (unpaired) electrons. The normalized spacial score (nSPS) is 11.0. The Labute approximate surface area is 180 Å². The zero-order valence-corrected chi connectivity index (χ0v) is 17.9. The summed E-state index contributed by atoms with van der Waals surface area (Å²) in [6, 6.07) is 14.6. The molecule has 1 heterocycles. The second kappa shape index (κ2) is 9.48. The Kier molecular flexibility index (Phi) is 6.76. The molecule has 1 N–H and O–H groups in total. The fraction of sp³-hybridized carbons (Fsp3) is 0.182. The third kappa shape index (κ3) is 5.32. The van der Waals surface area contributed by atoms with E-state index in [0.29, 0.717) is 24.3 Å². The summed E-state index contributed by atoms with van der Waals surface area (Å²) < 4.78 is 35.3. The Morgan fingerprint density at radius 1 is 0.968 bits per heavy atom. The number of nitrogens with zero attached hydrogens (tertiary/aromatic N) is 1. The van der Waals surface area contributed by atoms with E-state index in [1.54, 1.807) is 11.0 Å². The van der Waals surface area contributed by atoms with Gasteiger partial charge >= 0.3 is 10.1 Å². The molecule has 0 fully saturated rings. The van der Waals surface area contributed by atoms with Crippen LogP contribution in [0.3, 0.4) is 0 Å². The van der Waals surface area contributed by atoms with Crippen molar-refractivity contribution in [1.82, 2.24) is 4.90 Å². The predicted molar refractivity (Wildman–Crippen MR) is 115 cm³/mol. The quantitative estimate of drug-likeness (QED) is 0.532. The number of carbonyl (C=O) groups excluding carboxylic acids is 2. The standard InChI is InChI=1S/C22H22N2O6S/c1-3-24(4-2)22(26)16-7-13-19(14-8-16)31(27,28)30-18-11-9-17(10-12-18)23-21(25)20-6-5-15-29-20/h5-15H,3-4H2,1-2H3,(H,23,25). The zero-order valence-electron chi connectivity index (χ0n) is 17.1. The van der Waals surface area contributed by atoms with Crippen LogP contribution in [0.25, 0.3) is 0 Å². The predicted octanol–water partition coefficient (Wildman–Crippen LogP) is 3.78. The number of carbonyl (C=O) groups is 2. The monoisotopic (exact) mass is 442 g/mol. The summed E-state index contributed by atoms with van der Waals surface area (Å²) >= 11 is 0. The number of hydrogen-bond acceptors (Lipinski definition) is 6. The van der Waals surface area contributed by atoms with Crippen molar-refractivity contribution in [3.05, 3.63) is 78.3 Å². The van der Waals surface area contributed by atoms with Gasteiger partial charge in [-0.25, -0.2) is 0 Å². The van der Waals surface area contributed by atoms with Crippen LogP contribution in [-0.2, 0) is 10.1 Å². The first-order valence-corrected chi connectivity index (χ1v) is 11.0. The number of nitrogens with one attached hydrogen (secondary N) is 1. The van der Waals surface area contributed by atoms with Gasteiger partial charge in [0.1, 0.15) is 10.6 Å². The molecule has 0 spiro atoms. The zero-order chi connectivity index (χ0) is 22.4. The van der Waals surface area contributed by atoms with Gasteiger partial charge in [0, 0.05) is 24.3 Å². The van der Waals surface area contributed by atoms with Gasteiger partial charge in [0.2, 0.25) is 0 Å². The Balaban J connectivity index is 1.67. The topological polar surface area (TPSA) is 106 Å². The van der Waals surface area contributed by atoms with Gasteiger partial charge in [-0.3, -0.25) is 9.59 Å². The first-order chi connectivity index (χ1) is 14.8. The van der Waals surface area contributed by atoms with Crippen molar-refractivity contribution in [3.63, 3.8) is 0 Å². The Morgan fingerprint density at radius 2 is 1.61 bits per heavy atom. The third-order valence-corrected chi connectivity index (χ3v) is 5.77. The maximum Gasteiger partial charge on any atom is 0.339 e. The molecule has 3 aromatic rings. The summed E-state index contributed by atoms with van der Waals surface area (Å²) in [5.74, 6) is -0.349. The molecule has 0 saturated heterocycles. The molecule has 0 bridgehead atoms. The molecule has 2 amide bonds. The van der Waals surface area contributed by atoms with Crippen LogP contribution in [-0.4, -0.2) is 38.2 Å². The minimum absolute atomic E-state index is 0.0706. The molecule has 8 nitrogen and oxygen atoms in total. The van der Waals surface area contributed by atoms with Crippen molar-refractivity contribution < 1.29 is 26.6 Å². The molecular weight excluding hydrogens is 420 g/mol. The molecule has 2 aromatic carbocycles. The van der Waals surface area contributed by atoms with Gasteiger partial charge in [-0.2, -0.15) is 8.42 Å². The highest BCUT2D eigenvalue weighted by Crippen LogP contribution is 2.22. The minimum Gasteiger partial charge on any atom is -0.459 e. The van der Waals surface area contributed by atoms with Gasteiger partial charge in [-0.15, -0.1) is 0 Å². The van der Waals surface area contributed by atoms with Crippen molar-refractivity contribution in [3.8, 4) is 5.75 Å². The molecule has 1 aromatic heterocycles. The van der Waals surface area contributed by atoms with E-state index >= 15 is 0 Å². The van der Waals surface area contributed by atoms with Gasteiger partial charge in [0.25, 0.3) is 11.8 Å². The van der Waals surface area contributed by atoms with Gasteiger partial charge in [0.15, 0.2) is 5.76 Å². The Morgan fingerprint density at radius 3 is 2.16 bits per heavy atom. The lowest BCUT2D eigenvalue weighted by molar-refractivity contribution is 0.0772. The molecule has 0 unspecified atom stereocenters. The summed E-state index contributed by atoms with van der Waals surface area (Å²) in [6.07, 6.45) is 1.39. The van der Waals surface area contributed by atoms with E-state index in [0.717, 1.165) is 0 Å². The SMILES string of the molecule is CCN(CC)C(=O)c1ccc(S(=O)(=O)Oc2ccc(NC(=O)c3ccco3)cc2)cc1. The van der Waals surface area contributed by atoms with Crippen molar-refractivity contribution in [1.29, 1.82) is 0 Å². The van der Waals surface area contributed by atoms with Crippen LogP contribution >= 0.6 is 0 Å². The van der Waals surface area contributed by atoms with Crippen LogP contribution in [0.2, 0.25) is 0 Å². The molecular formula is C22H22N2O6S. The number of hydrogen-bond donors (Lipinski definition) is 1. The van der Waals surface area contributed by atoms with E-state index < -0.39 is 16.0 Å². The second-order valence-corrected chi connectivity index (χ2v) is 8.04. The lowest BCUT2D eigenvalue weighted by Crippen LogP contribution is -2.30. The third-order valence-electron chi connectivity index (χ3n) is 4.50. The summed E-state index contributed by atoms with van der Waals surface area (Å²) in [6.45, 7) is 4.89. The average Bonchev–Trinajstić information content (AvgIpc) is 3.31. The summed E-state index contributed by atoms with van der Waals surface area (Å²) in [5.41, 5.74) is 0.852. The van der Waals surface area contributed by atoms with Crippen LogP contribution < -0.4 is 9.50 Å². The fourth-order valence-electron chi connectivity index (χ4n) is 2.83. The van der Waals surface area contributed by atoms with Crippen LogP contribution in [0.5, 0.6) is 5.75 Å². The van der Waals surface area contributed by atoms with Gasteiger partial charge in [-0.05, 0) is 74.5 Å². The van der Waals surface area contributed by atoms with Crippen molar-refractivity contribution >= 4 is 27.6 Å². The highest BCUT2D eigenvalue weighted by atomic mass is 32.2. The molecule has 9 heteroatoms. The molecule has 0 atom stereocenters. The van der Waals surface area contributed by atoms with Crippen LogP contribution in [0.4, 0.5) is 5.69 Å². The van der Waals surface area contributed by atoms with Gasteiger partial charge in [-0.1, -0.05) is 0 Å². The van der Waals surface area contributed by atoms with Crippen molar-refractivity contribution in [2.75, 3.05) is 18.4 Å². The molecule has 0 aliphatic rings. The lowest BCUT2D eigenvalue weighted by atomic mass is 10.2. The van der Waals surface area contributed by atoms with Crippen molar-refractivity contribution in [2.45, 2.75) is 18.7 Å². The van der Waals surface area contributed by atoms with E-state index in [1.165, 1.54) is 60.9 Å². The van der Waals surface area contributed by atoms with E-state index in [-0.39, 0.29) is 22.3 Å². The lowest BCUT2D eigenvalue weighted by Gasteiger charge is -2.18. The molecule has 31 heavy (non-hydrogen) atoms. The number of rotatable bonds is 8. The maximum absolute atomic E-state index is 12.5. The number of anilines is 1. The van der Waals surface area contributed by atoms with E-state index in [4.69, 9.17) is 8.60 Å². The van der Waals surface area contributed by atoms with Crippen LogP contribution in [0.1, 0.15) is 34.8 Å². The largest absolute Gasteiger partial charge is 0.459 e. The average molecular weight is 442 g/mol. The number of amides is 2.